The van der Waals surface area contributed by atoms with Gasteiger partial charge in [0.15, 0.2) is 16.6 Å². The molecule has 0 radical (unpaired) electrons. The smallest absolute Gasteiger partial charge is 0.260 e. The van der Waals surface area contributed by atoms with Crippen molar-refractivity contribution in [2.75, 3.05) is 24.7 Å². The molecule has 182 valence electrons. The van der Waals surface area contributed by atoms with Gasteiger partial charge in [-0.15, -0.1) is 0 Å². The first-order valence-electron chi connectivity index (χ1n) is 11.4. The van der Waals surface area contributed by atoms with E-state index in [1.807, 2.05) is 57.2 Å². The number of benzene rings is 2. The third-order valence-electron chi connectivity index (χ3n) is 5.02. The van der Waals surface area contributed by atoms with Crippen LogP contribution in [-0.2, 0) is 6.54 Å². The average molecular weight is 556 g/mol. The van der Waals surface area contributed by atoms with Crippen molar-refractivity contribution >= 4 is 48.5 Å². The summed E-state index contributed by atoms with van der Waals surface area (Å²) in [6, 6.07) is 14.9. The molecule has 4 aromatic rings. The van der Waals surface area contributed by atoms with Crippen LogP contribution >= 0.6 is 27.3 Å². The number of aromatic nitrogens is 2. The quantitative estimate of drug-likeness (QED) is 0.222. The van der Waals surface area contributed by atoms with Gasteiger partial charge in [-0.1, -0.05) is 33.3 Å². The van der Waals surface area contributed by atoms with Crippen LogP contribution in [0.1, 0.15) is 36.8 Å². The standard InChI is InChI=1S/C26H26BrN3O4S/c1-4-32-21-13-17(14-22(33-5-2)24(21)34-6-3)25(31)30(16-19-9-7-8-12-28-19)26-29-20-11-10-18(27)15-23(20)35-26/h7-15H,4-6,16H2,1-3H3. The van der Waals surface area contributed by atoms with Crippen molar-refractivity contribution in [3.8, 4) is 17.2 Å². The molecule has 0 aliphatic heterocycles. The van der Waals surface area contributed by atoms with Crippen molar-refractivity contribution in [1.29, 1.82) is 0 Å². The van der Waals surface area contributed by atoms with E-state index >= 15 is 0 Å². The van der Waals surface area contributed by atoms with Gasteiger partial charge in [-0.3, -0.25) is 14.7 Å². The number of halogens is 1. The maximum absolute atomic E-state index is 14.0. The third kappa shape index (κ3) is 5.74. The van der Waals surface area contributed by atoms with Gasteiger partial charge in [0.2, 0.25) is 5.75 Å². The molecule has 35 heavy (non-hydrogen) atoms. The van der Waals surface area contributed by atoms with Crippen LogP contribution in [0.2, 0.25) is 0 Å². The molecule has 4 rings (SSSR count). The highest BCUT2D eigenvalue weighted by Gasteiger charge is 2.26. The number of thiazole rings is 1. The van der Waals surface area contributed by atoms with Gasteiger partial charge >= 0.3 is 0 Å². The Balaban J connectivity index is 1.81. The van der Waals surface area contributed by atoms with Crippen LogP contribution in [0, 0.1) is 0 Å². The molecule has 0 saturated carbocycles. The zero-order valence-corrected chi connectivity index (χ0v) is 22.2. The zero-order chi connectivity index (χ0) is 24.8. The molecule has 9 heteroatoms. The highest BCUT2D eigenvalue weighted by atomic mass is 79.9. The minimum absolute atomic E-state index is 0.237. The third-order valence-corrected chi connectivity index (χ3v) is 6.55. The number of fused-ring (bicyclic) bond motifs is 1. The van der Waals surface area contributed by atoms with E-state index in [2.05, 4.69) is 20.9 Å². The fraction of sp³-hybridized carbons (Fsp3) is 0.269. The van der Waals surface area contributed by atoms with Crippen LogP contribution < -0.4 is 19.1 Å². The van der Waals surface area contributed by atoms with Crippen LogP contribution in [0.4, 0.5) is 5.13 Å². The van der Waals surface area contributed by atoms with Gasteiger partial charge in [0.05, 0.1) is 42.3 Å². The fourth-order valence-corrected chi connectivity index (χ4v) is 5.06. The topological polar surface area (TPSA) is 73.8 Å². The van der Waals surface area contributed by atoms with E-state index in [1.165, 1.54) is 11.3 Å². The largest absolute Gasteiger partial charge is 0.490 e. The normalized spacial score (nSPS) is 10.9. The van der Waals surface area contributed by atoms with Crippen molar-refractivity contribution in [3.63, 3.8) is 0 Å². The number of pyridine rings is 1. The van der Waals surface area contributed by atoms with Gasteiger partial charge in [-0.2, -0.15) is 0 Å². The van der Waals surface area contributed by atoms with Gasteiger partial charge in [0.1, 0.15) is 0 Å². The second-order valence-electron chi connectivity index (χ2n) is 7.42. The number of nitrogens with zero attached hydrogens (tertiary/aromatic N) is 3. The van der Waals surface area contributed by atoms with E-state index in [1.54, 1.807) is 23.2 Å². The number of hydrogen-bond acceptors (Lipinski definition) is 7. The Morgan fingerprint density at radius 3 is 2.31 bits per heavy atom. The van der Waals surface area contributed by atoms with Crippen LogP contribution in [0.3, 0.4) is 0 Å². The molecule has 2 heterocycles. The summed E-state index contributed by atoms with van der Waals surface area (Å²) in [6.07, 6.45) is 1.71. The molecule has 0 N–H and O–H groups in total. The summed E-state index contributed by atoms with van der Waals surface area (Å²) in [6.45, 7) is 7.22. The second kappa shape index (κ2) is 11.5. The van der Waals surface area contributed by atoms with Crippen LogP contribution in [0.15, 0.2) is 59.2 Å². The Kier molecular flexibility index (Phi) is 8.20. The lowest BCUT2D eigenvalue weighted by Gasteiger charge is -2.22. The van der Waals surface area contributed by atoms with E-state index in [9.17, 15) is 4.79 Å². The van der Waals surface area contributed by atoms with E-state index in [0.717, 1.165) is 20.4 Å². The summed E-state index contributed by atoms with van der Waals surface area (Å²) in [5, 5.41) is 0.582. The lowest BCUT2D eigenvalue weighted by molar-refractivity contribution is 0.0983. The van der Waals surface area contributed by atoms with Gasteiger partial charge in [0, 0.05) is 16.2 Å². The Labute approximate surface area is 216 Å². The zero-order valence-electron chi connectivity index (χ0n) is 19.8. The predicted molar refractivity (Wildman–Crippen MR) is 142 cm³/mol. The maximum atomic E-state index is 14.0. The SMILES string of the molecule is CCOc1cc(C(=O)N(Cc2ccccn2)c2nc3ccc(Br)cc3s2)cc(OCC)c1OCC. The Bertz CT molecular complexity index is 1290. The molecule has 0 saturated heterocycles. The number of carbonyl (C=O) groups excluding carboxylic acids is 1. The summed E-state index contributed by atoms with van der Waals surface area (Å²) in [7, 11) is 0. The Hall–Kier alpha value is -3.17. The summed E-state index contributed by atoms with van der Waals surface area (Å²) in [5.41, 5.74) is 1.99. The first-order valence-corrected chi connectivity index (χ1v) is 13.0. The highest BCUT2D eigenvalue weighted by Crippen LogP contribution is 2.40. The number of hydrogen-bond donors (Lipinski definition) is 0. The molecule has 0 aliphatic carbocycles. The van der Waals surface area contributed by atoms with Crippen molar-refractivity contribution in [2.45, 2.75) is 27.3 Å². The molecule has 0 fully saturated rings. The van der Waals surface area contributed by atoms with Crippen molar-refractivity contribution in [1.82, 2.24) is 9.97 Å². The Morgan fingerprint density at radius 2 is 1.69 bits per heavy atom. The molecular weight excluding hydrogens is 530 g/mol. The number of ether oxygens (including phenoxy) is 3. The number of anilines is 1. The molecule has 0 aliphatic rings. The summed E-state index contributed by atoms with van der Waals surface area (Å²) < 4.78 is 19.4. The number of carbonyl (C=O) groups is 1. The molecule has 0 bridgehead atoms. The number of amides is 1. The molecule has 0 unspecified atom stereocenters. The molecule has 1 amide bonds. The van der Waals surface area contributed by atoms with E-state index in [4.69, 9.17) is 19.2 Å². The van der Waals surface area contributed by atoms with E-state index in [-0.39, 0.29) is 12.5 Å². The molecule has 0 atom stereocenters. The lowest BCUT2D eigenvalue weighted by atomic mass is 10.1. The predicted octanol–water partition coefficient (Wildman–Crippen LogP) is 6.50. The summed E-state index contributed by atoms with van der Waals surface area (Å²) in [4.78, 5) is 24.8. The van der Waals surface area contributed by atoms with Gasteiger partial charge in [0.25, 0.3) is 5.91 Å². The molecule has 0 spiro atoms. The maximum Gasteiger partial charge on any atom is 0.260 e. The minimum Gasteiger partial charge on any atom is -0.490 e. The van der Waals surface area contributed by atoms with Crippen molar-refractivity contribution in [3.05, 3.63) is 70.5 Å². The molecule has 2 aromatic heterocycles. The number of rotatable bonds is 10. The first-order chi connectivity index (χ1) is 17.0. The van der Waals surface area contributed by atoms with Gasteiger partial charge in [-0.05, 0) is 63.2 Å². The lowest BCUT2D eigenvalue weighted by Crippen LogP contribution is -2.30. The monoisotopic (exact) mass is 555 g/mol. The molecular formula is C26H26BrN3O4S. The van der Waals surface area contributed by atoms with E-state index in [0.29, 0.717) is 47.8 Å². The Morgan fingerprint density at radius 1 is 0.971 bits per heavy atom. The van der Waals surface area contributed by atoms with Crippen LogP contribution in [-0.4, -0.2) is 35.7 Å². The van der Waals surface area contributed by atoms with Crippen LogP contribution in [0.25, 0.3) is 10.2 Å². The minimum atomic E-state index is -0.237. The van der Waals surface area contributed by atoms with E-state index < -0.39 is 0 Å². The van der Waals surface area contributed by atoms with Crippen molar-refractivity contribution < 1.29 is 19.0 Å². The van der Waals surface area contributed by atoms with Gasteiger partial charge in [-0.25, -0.2) is 4.98 Å². The summed E-state index contributed by atoms with van der Waals surface area (Å²) in [5.74, 6) is 1.19. The van der Waals surface area contributed by atoms with Crippen molar-refractivity contribution in [2.24, 2.45) is 0 Å². The first kappa shape index (κ1) is 24.9. The van der Waals surface area contributed by atoms with Gasteiger partial charge < -0.3 is 14.2 Å². The molecule has 2 aromatic carbocycles. The van der Waals surface area contributed by atoms with Crippen LogP contribution in [0.5, 0.6) is 17.2 Å². The fourth-order valence-electron chi connectivity index (χ4n) is 3.55. The second-order valence-corrected chi connectivity index (χ2v) is 9.35. The average Bonchev–Trinajstić information content (AvgIpc) is 3.27. The highest BCUT2D eigenvalue weighted by molar-refractivity contribution is 9.10. The summed E-state index contributed by atoms with van der Waals surface area (Å²) >= 11 is 4.96. The molecule has 7 nitrogen and oxygen atoms in total.